The normalized spacial score (nSPS) is 14.5. The number of phosphoric acid groups is 1. The Morgan fingerprint density at radius 3 is 1.26 bits per heavy atom. The molecule has 3 unspecified atom stereocenters. The van der Waals surface area contributed by atoms with Crippen LogP contribution in [0.25, 0.3) is 0 Å². The molecule has 8 nitrogen and oxygen atoms in total. The number of likely N-dealkylation sites (N-methyl/N-ethyl adjacent to an activating group) is 1. The van der Waals surface area contributed by atoms with Crippen LogP contribution in [0, 0.1) is 0 Å². The van der Waals surface area contributed by atoms with Crippen LogP contribution in [0.4, 0.5) is 0 Å². The number of carbonyl (C=O) groups excluding carboxylic acids is 1. The predicted molar refractivity (Wildman–Crippen MR) is 320 cm³/mol. The largest absolute Gasteiger partial charge is 0.756 e. The highest BCUT2D eigenvalue weighted by Crippen LogP contribution is 2.38. The van der Waals surface area contributed by atoms with Gasteiger partial charge in [-0.05, 0) is 89.9 Å². The SMILES string of the molecule is CC/C=C\C/C=C\C/C=C\C/C=C\C/C=C\CCCCCCCC(=O)NC(COP(=O)([O-])OCC[N+](C)(C)C)C(O)/C=C/CC/C=C/CC/C=C/CCCCCCCCCCCCCCCCCCCCCCC. The van der Waals surface area contributed by atoms with Crippen LogP contribution >= 0.6 is 7.82 Å². The number of amides is 1. The van der Waals surface area contributed by atoms with Crippen LogP contribution in [-0.4, -0.2) is 68.5 Å². The zero-order valence-electron chi connectivity index (χ0n) is 48.8. The first-order valence-electron chi connectivity index (χ1n) is 30.6. The Labute approximate surface area is 458 Å². The molecule has 0 aliphatic carbocycles. The van der Waals surface area contributed by atoms with Crippen molar-refractivity contribution in [1.82, 2.24) is 5.32 Å². The van der Waals surface area contributed by atoms with Gasteiger partial charge in [0.1, 0.15) is 13.2 Å². The van der Waals surface area contributed by atoms with E-state index < -0.39 is 26.6 Å². The van der Waals surface area contributed by atoms with Crippen LogP contribution in [0.2, 0.25) is 0 Å². The number of rotatable bonds is 55. The minimum absolute atomic E-state index is 0.0183. The summed E-state index contributed by atoms with van der Waals surface area (Å²) in [4.78, 5) is 25.5. The fraction of sp³-hybridized carbons (Fsp3) is 0.738. The third kappa shape index (κ3) is 57.1. The number of carbonyl (C=O) groups is 1. The molecule has 0 bridgehead atoms. The van der Waals surface area contributed by atoms with Crippen LogP contribution in [0.1, 0.15) is 258 Å². The first-order valence-corrected chi connectivity index (χ1v) is 32.1. The summed E-state index contributed by atoms with van der Waals surface area (Å²) in [5.41, 5.74) is 0. The Balaban J connectivity index is 4.26. The molecule has 9 heteroatoms. The summed E-state index contributed by atoms with van der Waals surface area (Å²) < 4.78 is 23.3. The summed E-state index contributed by atoms with van der Waals surface area (Å²) in [6.45, 7) is 4.50. The molecule has 0 saturated carbocycles. The molecule has 0 heterocycles. The highest BCUT2D eigenvalue weighted by molar-refractivity contribution is 7.45. The van der Waals surface area contributed by atoms with E-state index in [1.807, 2.05) is 27.2 Å². The monoisotopic (exact) mass is 1050 g/mol. The lowest BCUT2D eigenvalue weighted by atomic mass is 10.0. The molecule has 0 aromatic rings. The van der Waals surface area contributed by atoms with Gasteiger partial charge in [0, 0.05) is 6.42 Å². The van der Waals surface area contributed by atoms with Gasteiger partial charge < -0.3 is 28.8 Å². The van der Waals surface area contributed by atoms with Gasteiger partial charge in [-0.3, -0.25) is 9.36 Å². The highest BCUT2D eigenvalue weighted by Gasteiger charge is 2.23. The molecule has 0 spiro atoms. The van der Waals surface area contributed by atoms with Gasteiger partial charge in [-0.2, -0.15) is 0 Å². The summed E-state index contributed by atoms with van der Waals surface area (Å²) >= 11 is 0. The topological polar surface area (TPSA) is 108 Å². The van der Waals surface area contributed by atoms with E-state index in [2.05, 4.69) is 104 Å². The van der Waals surface area contributed by atoms with Crippen molar-refractivity contribution in [3.63, 3.8) is 0 Å². The van der Waals surface area contributed by atoms with Gasteiger partial charge in [0.2, 0.25) is 5.91 Å². The second-order valence-corrected chi connectivity index (χ2v) is 23.1. The Bertz CT molecular complexity index is 1520. The molecule has 74 heavy (non-hydrogen) atoms. The third-order valence-electron chi connectivity index (χ3n) is 13.3. The van der Waals surface area contributed by atoms with Crippen molar-refractivity contribution in [3.05, 3.63) is 97.2 Å². The predicted octanol–water partition coefficient (Wildman–Crippen LogP) is 18.4. The van der Waals surface area contributed by atoms with Crippen LogP contribution in [0.3, 0.4) is 0 Å². The van der Waals surface area contributed by atoms with Crippen molar-refractivity contribution in [2.45, 2.75) is 270 Å². The lowest BCUT2D eigenvalue weighted by Gasteiger charge is -2.29. The average molecular weight is 1050 g/mol. The molecule has 0 rings (SSSR count). The summed E-state index contributed by atoms with van der Waals surface area (Å²) in [6.07, 6.45) is 79.4. The van der Waals surface area contributed by atoms with Gasteiger partial charge in [-0.15, -0.1) is 0 Å². The van der Waals surface area contributed by atoms with Gasteiger partial charge in [0.25, 0.3) is 7.82 Å². The van der Waals surface area contributed by atoms with Crippen molar-refractivity contribution in [3.8, 4) is 0 Å². The number of allylic oxidation sites excluding steroid dienone is 15. The Morgan fingerprint density at radius 1 is 0.486 bits per heavy atom. The second-order valence-electron chi connectivity index (χ2n) is 21.7. The fourth-order valence-corrected chi connectivity index (χ4v) is 9.23. The molecule has 0 aliphatic rings. The minimum atomic E-state index is -4.62. The van der Waals surface area contributed by atoms with E-state index in [4.69, 9.17) is 9.05 Å². The van der Waals surface area contributed by atoms with Crippen LogP contribution in [-0.2, 0) is 18.4 Å². The standard InChI is InChI=1S/C65H117N2O6P/c1-6-8-10-12-14-16-18-20-22-24-26-28-29-30-31-32-33-34-35-36-37-39-40-42-44-46-48-50-52-54-56-58-64(68)63(62-73-74(70,71)72-61-60-67(3,4)5)66-65(69)59-57-55-53-51-49-47-45-43-41-38-27-25-23-21-19-17-15-13-11-9-7-2/h9,11,15,17,21,23,27,38,40,42-43,45,48,50,56,58,63-64,68H,6-8,10,12-14,16,18-20,22,24-26,28-37,39,41,44,46-47,49,51-55,57,59-62H2,1-5H3,(H-,66,69,70,71)/b11-9-,17-15-,23-21-,38-27-,42-40+,45-43-,50-48+,58-56+. The van der Waals surface area contributed by atoms with Gasteiger partial charge in [-0.25, -0.2) is 0 Å². The summed E-state index contributed by atoms with van der Waals surface area (Å²) in [6, 6.07) is -0.928. The van der Waals surface area contributed by atoms with Gasteiger partial charge >= 0.3 is 0 Å². The van der Waals surface area contributed by atoms with Crippen LogP contribution < -0.4 is 10.2 Å². The average Bonchev–Trinajstić information content (AvgIpc) is 3.36. The maximum atomic E-state index is 13.0. The number of phosphoric ester groups is 1. The molecule has 1 amide bonds. The molecule has 0 aliphatic heterocycles. The maximum absolute atomic E-state index is 13.0. The molecule has 0 aromatic heterocycles. The first kappa shape index (κ1) is 71.4. The number of aliphatic hydroxyl groups is 1. The van der Waals surface area contributed by atoms with E-state index in [1.165, 1.54) is 141 Å². The molecule has 0 radical (unpaired) electrons. The van der Waals surface area contributed by atoms with E-state index in [9.17, 15) is 19.4 Å². The molecule has 0 fully saturated rings. The van der Waals surface area contributed by atoms with Crippen LogP contribution in [0.5, 0.6) is 0 Å². The third-order valence-corrected chi connectivity index (χ3v) is 14.2. The van der Waals surface area contributed by atoms with Crippen LogP contribution in [0.15, 0.2) is 97.2 Å². The number of quaternary nitrogens is 1. The number of hydrogen-bond acceptors (Lipinski definition) is 6. The Morgan fingerprint density at radius 2 is 0.838 bits per heavy atom. The lowest BCUT2D eigenvalue weighted by Crippen LogP contribution is -2.45. The molecule has 0 aromatic carbocycles. The number of unbranched alkanes of at least 4 members (excludes halogenated alkanes) is 28. The van der Waals surface area contributed by atoms with Gasteiger partial charge in [0.15, 0.2) is 0 Å². The van der Waals surface area contributed by atoms with E-state index >= 15 is 0 Å². The van der Waals surface area contributed by atoms with Crippen molar-refractivity contribution in [2.75, 3.05) is 40.9 Å². The van der Waals surface area contributed by atoms with Gasteiger partial charge in [-0.1, -0.05) is 259 Å². The molecule has 428 valence electrons. The van der Waals surface area contributed by atoms with E-state index in [0.29, 0.717) is 17.4 Å². The summed E-state index contributed by atoms with van der Waals surface area (Å²) in [5, 5.41) is 13.9. The zero-order chi connectivity index (χ0) is 54.2. The van der Waals surface area contributed by atoms with Crippen molar-refractivity contribution in [1.29, 1.82) is 0 Å². The maximum Gasteiger partial charge on any atom is 0.268 e. The fourth-order valence-electron chi connectivity index (χ4n) is 8.51. The number of nitrogens with one attached hydrogen (secondary N) is 1. The second kappa shape index (κ2) is 55.2. The molecular formula is C65H117N2O6P. The summed E-state index contributed by atoms with van der Waals surface area (Å²) in [7, 11) is 1.21. The van der Waals surface area contributed by atoms with E-state index in [1.54, 1.807) is 6.08 Å². The number of hydrogen-bond donors (Lipinski definition) is 2. The van der Waals surface area contributed by atoms with E-state index in [-0.39, 0.29) is 12.5 Å². The van der Waals surface area contributed by atoms with Crippen molar-refractivity contribution < 1.29 is 32.9 Å². The number of nitrogens with zero attached hydrogens (tertiary/aromatic N) is 1. The molecule has 2 N–H and O–H groups in total. The lowest BCUT2D eigenvalue weighted by molar-refractivity contribution is -0.870. The summed E-state index contributed by atoms with van der Waals surface area (Å²) in [5.74, 6) is -0.232. The smallest absolute Gasteiger partial charge is 0.268 e. The Kier molecular flexibility index (Phi) is 53.3. The molecule has 0 saturated heterocycles. The first-order chi connectivity index (χ1) is 36.0. The van der Waals surface area contributed by atoms with Crippen molar-refractivity contribution >= 4 is 13.7 Å². The number of aliphatic hydroxyl groups excluding tert-OH is 1. The zero-order valence-corrected chi connectivity index (χ0v) is 49.7. The molecular weight excluding hydrogens is 936 g/mol. The van der Waals surface area contributed by atoms with Crippen molar-refractivity contribution in [2.24, 2.45) is 0 Å². The van der Waals surface area contributed by atoms with E-state index in [0.717, 1.165) is 96.3 Å². The molecule has 3 atom stereocenters. The minimum Gasteiger partial charge on any atom is -0.756 e. The Hall–Kier alpha value is -2.58. The van der Waals surface area contributed by atoms with Gasteiger partial charge in [0.05, 0.1) is 39.9 Å². The highest BCUT2D eigenvalue weighted by atomic mass is 31.2. The quantitative estimate of drug-likeness (QED) is 0.0272.